The summed E-state index contributed by atoms with van der Waals surface area (Å²) >= 11 is 1.61. The zero-order valence-electron chi connectivity index (χ0n) is 18.1. The number of hydrogen-bond acceptors (Lipinski definition) is 7. The lowest BCUT2D eigenvalue weighted by molar-refractivity contribution is 0.0794. The van der Waals surface area contributed by atoms with E-state index in [1.807, 2.05) is 18.2 Å². The second kappa shape index (κ2) is 8.94. The molecular weight excluding hydrogens is 424 g/mol. The Morgan fingerprint density at radius 3 is 2.66 bits per heavy atom. The summed E-state index contributed by atoms with van der Waals surface area (Å²) < 4.78 is 0.941. The average Bonchev–Trinajstić information content (AvgIpc) is 3.21. The Morgan fingerprint density at radius 1 is 1.25 bits per heavy atom. The molecule has 0 spiro atoms. The number of carbonyl (C=O) groups is 1. The first-order valence-corrected chi connectivity index (χ1v) is 11.5. The molecule has 166 valence electrons. The van der Waals surface area contributed by atoms with E-state index in [9.17, 15) is 15.0 Å². The van der Waals surface area contributed by atoms with E-state index >= 15 is 0 Å². The third-order valence-corrected chi connectivity index (χ3v) is 7.22. The molecule has 2 heterocycles. The Hall–Kier alpha value is -2.86. The summed E-state index contributed by atoms with van der Waals surface area (Å²) in [5.41, 5.74) is 1.28. The fourth-order valence-electron chi connectivity index (χ4n) is 4.19. The summed E-state index contributed by atoms with van der Waals surface area (Å²) in [6.45, 7) is 3.59. The van der Waals surface area contributed by atoms with E-state index < -0.39 is 11.5 Å². The van der Waals surface area contributed by atoms with Crippen LogP contribution < -0.4 is 5.32 Å². The van der Waals surface area contributed by atoms with E-state index in [0.29, 0.717) is 28.7 Å². The monoisotopic (exact) mass is 450 g/mol. The number of nitrogens with zero attached hydrogens (tertiary/aromatic N) is 3. The van der Waals surface area contributed by atoms with Gasteiger partial charge in [-0.05, 0) is 63.6 Å². The normalized spacial score (nSPS) is 19.0. The van der Waals surface area contributed by atoms with Crippen molar-refractivity contribution in [3.8, 4) is 6.07 Å². The number of thiazole rings is 1. The van der Waals surface area contributed by atoms with Crippen molar-refractivity contribution in [2.24, 2.45) is 5.92 Å². The van der Waals surface area contributed by atoms with Gasteiger partial charge in [-0.1, -0.05) is 0 Å². The Labute approximate surface area is 190 Å². The quantitative estimate of drug-likeness (QED) is 0.533. The molecule has 32 heavy (non-hydrogen) atoms. The minimum Gasteiger partial charge on any atom is -0.396 e. The molecule has 8 heteroatoms. The van der Waals surface area contributed by atoms with Crippen LogP contribution in [0, 0.1) is 17.2 Å². The minimum absolute atomic E-state index is 0.247. The number of rotatable bonds is 5. The fourth-order valence-corrected chi connectivity index (χ4v) is 5.35. The Balaban J connectivity index is 1.66. The molecule has 7 nitrogen and oxygen atoms in total. The van der Waals surface area contributed by atoms with Gasteiger partial charge in [0.05, 0.1) is 32.0 Å². The molecule has 1 aromatic carbocycles. The fraction of sp³-hybridized carbons (Fsp3) is 0.417. The number of pyridine rings is 1. The number of aliphatic hydroxyl groups excluding tert-OH is 1. The molecule has 1 aliphatic rings. The van der Waals surface area contributed by atoms with E-state index in [1.165, 1.54) is 18.5 Å². The first-order chi connectivity index (χ1) is 15.3. The molecule has 0 atom stereocenters. The van der Waals surface area contributed by atoms with Crippen molar-refractivity contribution >= 4 is 33.1 Å². The number of carbonyl (C=O) groups excluding carboxylic acids is 1. The van der Waals surface area contributed by atoms with Gasteiger partial charge in [0.1, 0.15) is 6.07 Å². The lowest BCUT2D eigenvalue weighted by atomic mass is 9.83. The molecule has 1 saturated carbocycles. The third kappa shape index (κ3) is 4.65. The topological polar surface area (TPSA) is 119 Å². The molecule has 1 aliphatic carbocycles. The molecule has 1 amide bonds. The van der Waals surface area contributed by atoms with Crippen molar-refractivity contribution in [3.05, 3.63) is 52.3 Å². The summed E-state index contributed by atoms with van der Waals surface area (Å²) in [7, 11) is 0. The van der Waals surface area contributed by atoms with Gasteiger partial charge in [0.2, 0.25) is 0 Å². The van der Waals surface area contributed by atoms with E-state index in [-0.39, 0.29) is 12.2 Å². The number of aliphatic hydroxyl groups is 2. The number of fused-ring (bicyclic) bond motifs is 1. The van der Waals surface area contributed by atoms with Crippen LogP contribution in [0.3, 0.4) is 0 Å². The third-order valence-electron chi connectivity index (χ3n) is 6.04. The molecular formula is C24H26N4O3S. The van der Waals surface area contributed by atoms with E-state index in [0.717, 1.165) is 40.9 Å². The predicted octanol–water partition coefficient (Wildman–Crippen LogP) is 4.31. The Bertz CT molecular complexity index is 1180. The van der Waals surface area contributed by atoms with Crippen LogP contribution >= 0.6 is 11.3 Å². The maximum atomic E-state index is 12.8. The lowest BCUT2D eigenvalue weighted by Crippen LogP contribution is -2.21. The molecule has 0 radical (unpaired) electrons. The van der Waals surface area contributed by atoms with Crippen molar-refractivity contribution in [2.75, 3.05) is 11.9 Å². The van der Waals surface area contributed by atoms with Gasteiger partial charge in [-0.3, -0.25) is 9.78 Å². The molecule has 4 rings (SSSR count). The summed E-state index contributed by atoms with van der Waals surface area (Å²) in [6, 6.07) is 7.17. The molecule has 0 aliphatic heterocycles. The van der Waals surface area contributed by atoms with Gasteiger partial charge >= 0.3 is 0 Å². The number of benzene rings is 1. The highest BCUT2D eigenvalue weighted by molar-refractivity contribution is 7.18. The van der Waals surface area contributed by atoms with E-state index in [1.54, 1.807) is 25.2 Å². The number of amides is 1. The van der Waals surface area contributed by atoms with Gasteiger partial charge in [-0.2, -0.15) is 5.26 Å². The maximum absolute atomic E-state index is 12.8. The SMILES string of the molecule is CC(C)(O)c1cc2nc(C3CCC(CO)CC3)sc2cc1NC(=O)c1cncc(C#N)c1. The van der Waals surface area contributed by atoms with Crippen LogP contribution in [0.25, 0.3) is 10.2 Å². The van der Waals surface area contributed by atoms with Gasteiger partial charge in [-0.15, -0.1) is 11.3 Å². The summed E-state index contributed by atoms with van der Waals surface area (Å²) in [4.78, 5) is 21.6. The van der Waals surface area contributed by atoms with Crippen molar-refractivity contribution in [1.82, 2.24) is 9.97 Å². The zero-order chi connectivity index (χ0) is 22.9. The molecule has 3 N–H and O–H groups in total. The lowest BCUT2D eigenvalue weighted by Gasteiger charge is -2.25. The molecule has 3 aromatic rings. The number of nitriles is 1. The zero-order valence-corrected chi connectivity index (χ0v) is 18.9. The highest BCUT2D eigenvalue weighted by Crippen LogP contribution is 2.41. The molecule has 2 aromatic heterocycles. The standard InChI is InChI=1S/C24H26N4O3S/c1-24(2,31)18-8-20-21(32-23(28-20)16-5-3-14(13-29)4-6-16)9-19(18)27-22(30)17-7-15(10-25)11-26-12-17/h7-9,11-12,14,16,29,31H,3-6,13H2,1-2H3,(H,27,30). The number of aromatic nitrogens is 2. The second-order valence-corrected chi connectivity index (χ2v) is 9.97. The van der Waals surface area contributed by atoms with Gasteiger partial charge in [0.15, 0.2) is 0 Å². The number of hydrogen-bond donors (Lipinski definition) is 3. The van der Waals surface area contributed by atoms with Crippen LogP contribution in [0.2, 0.25) is 0 Å². The minimum atomic E-state index is -1.19. The van der Waals surface area contributed by atoms with Crippen molar-refractivity contribution in [3.63, 3.8) is 0 Å². The number of anilines is 1. The maximum Gasteiger partial charge on any atom is 0.257 e. The number of nitrogens with one attached hydrogen (secondary N) is 1. The smallest absolute Gasteiger partial charge is 0.257 e. The van der Waals surface area contributed by atoms with Gasteiger partial charge in [0.25, 0.3) is 5.91 Å². The first kappa shape index (κ1) is 22.3. The highest BCUT2D eigenvalue weighted by atomic mass is 32.1. The van der Waals surface area contributed by atoms with Gasteiger partial charge < -0.3 is 15.5 Å². The average molecular weight is 451 g/mol. The van der Waals surface area contributed by atoms with Crippen molar-refractivity contribution in [1.29, 1.82) is 5.26 Å². The van der Waals surface area contributed by atoms with E-state index in [4.69, 9.17) is 10.2 Å². The van der Waals surface area contributed by atoms with Crippen LogP contribution in [0.1, 0.15) is 71.9 Å². The molecule has 0 bridgehead atoms. The second-order valence-electron chi connectivity index (χ2n) is 8.91. The Kier molecular flexibility index (Phi) is 6.24. The summed E-state index contributed by atoms with van der Waals surface area (Å²) in [5.74, 6) is 0.364. The Morgan fingerprint density at radius 2 is 2.00 bits per heavy atom. The molecule has 0 unspecified atom stereocenters. The molecule has 1 fully saturated rings. The van der Waals surface area contributed by atoms with Crippen molar-refractivity contribution in [2.45, 2.75) is 51.0 Å². The van der Waals surface area contributed by atoms with Crippen LogP contribution in [0.15, 0.2) is 30.6 Å². The molecule has 0 saturated heterocycles. The largest absolute Gasteiger partial charge is 0.396 e. The first-order valence-electron chi connectivity index (χ1n) is 10.7. The summed E-state index contributed by atoms with van der Waals surface area (Å²) in [5, 5.41) is 33.2. The van der Waals surface area contributed by atoms with Crippen LogP contribution in [-0.4, -0.2) is 32.7 Å². The van der Waals surface area contributed by atoms with Crippen LogP contribution in [0.4, 0.5) is 5.69 Å². The van der Waals surface area contributed by atoms with Gasteiger partial charge in [-0.25, -0.2) is 4.98 Å². The van der Waals surface area contributed by atoms with Crippen molar-refractivity contribution < 1.29 is 15.0 Å². The summed E-state index contributed by atoms with van der Waals surface area (Å²) in [6.07, 6.45) is 6.83. The van der Waals surface area contributed by atoms with Crippen LogP contribution in [0.5, 0.6) is 0 Å². The van der Waals surface area contributed by atoms with E-state index in [2.05, 4.69) is 10.3 Å². The van der Waals surface area contributed by atoms with Gasteiger partial charge in [0, 0.05) is 36.2 Å². The highest BCUT2D eigenvalue weighted by Gasteiger charge is 2.27. The predicted molar refractivity (Wildman–Crippen MR) is 124 cm³/mol. The van der Waals surface area contributed by atoms with Crippen LogP contribution in [-0.2, 0) is 5.60 Å².